The van der Waals surface area contributed by atoms with Crippen molar-refractivity contribution < 1.29 is 18.7 Å². The van der Waals surface area contributed by atoms with Crippen LogP contribution < -0.4 is 20.3 Å². The number of carbonyl (C=O) groups excluding carboxylic acids is 2. The molecule has 3 aromatic carbocycles. The fourth-order valence-electron chi connectivity index (χ4n) is 4.07. The number of nitrogens with one attached hydrogen (secondary N) is 1. The Labute approximate surface area is 213 Å². The third-order valence-electron chi connectivity index (χ3n) is 6.11. The molecule has 0 saturated carbocycles. The topological polar surface area (TPSA) is 112 Å². The predicted molar refractivity (Wildman–Crippen MR) is 142 cm³/mol. The van der Waals surface area contributed by atoms with Gasteiger partial charge >= 0.3 is 12.3 Å². The summed E-state index contributed by atoms with van der Waals surface area (Å²) in [4.78, 5) is 29.2. The van der Waals surface area contributed by atoms with Crippen LogP contribution in [0.5, 0.6) is 5.75 Å². The first kappa shape index (κ1) is 23.8. The standard InChI is InChI=1S/C28H25N5O4/c29-24-6-2-3-7-25(24)31-28(35)21-9-11-23(12-10-21)36-16-15-33(20-34,19-32-14-13-30-18-32)27-17-22-5-1-4-8-26(22)37-27/h1-14,17-18,20H,15-16,19,29H2/p+1. The van der Waals surface area contributed by atoms with Crippen molar-refractivity contribution in [3.63, 3.8) is 0 Å². The predicted octanol–water partition coefficient (Wildman–Crippen LogP) is 4.66. The number of nitrogens with zero attached hydrogens (tertiary/aromatic N) is 3. The lowest BCUT2D eigenvalue weighted by Gasteiger charge is -2.28. The maximum atomic E-state index is 12.6. The van der Waals surface area contributed by atoms with Crippen molar-refractivity contribution in [2.45, 2.75) is 6.67 Å². The third kappa shape index (κ3) is 5.21. The Morgan fingerprint density at radius 1 is 1.08 bits per heavy atom. The van der Waals surface area contributed by atoms with E-state index in [4.69, 9.17) is 14.9 Å². The smallest absolute Gasteiger partial charge is 0.310 e. The lowest BCUT2D eigenvalue weighted by atomic mass is 10.2. The number of nitrogen functional groups attached to an aromatic ring is 1. The zero-order valence-corrected chi connectivity index (χ0v) is 20.0. The molecule has 1 atom stereocenters. The van der Waals surface area contributed by atoms with Gasteiger partial charge in [-0.3, -0.25) is 9.36 Å². The zero-order chi connectivity index (χ0) is 25.7. The number of fused-ring (bicyclic) bond motifs is 1. The summed E-state index contributed by atoms with van der Waals surface area (Å²) in [5.41, 5.74) is 8.13. The molecular formula is C28H26N5O4+. The Morgan fingerprint density at radius 3 is 2.59 bits per heavy atom. The summed E-state index contributed by atoms with van der Waals surface area (Å²) < 4.78 is 13.7. The molecule has 186 valence electrons. The SMILES string of the molecule is Nc1ccccc1NC(=O)c1ccc(OCC[N+](C=O)(Cn2ccnc2)c2cc3ccccc3o2)cc1. The van der Waals surface area contributed by atoms with E-state index in [1.54, 1.807) is 67.3 Å². The number of imidazole rings is 1. The summed E-state index contributed by atoms with van der Waals surface area (Å²) in [6.07, 6.45) is 5.99. The van der Waals surface area contributed by atoms with E-state index in [1.807, 2.05) is 34.9 Å². The number of nitrogens with two attached hydrogens (primary N) is 1. The minimum atomic E-state index is -0.272. The summed E-state index contributed by atoms with van der Waals surface area (Å²) in [5, 5.41) is 3.72. The Kier molecular flexibility index (Phi) is 6.69. The quantitative estimate of drug-likeness (QED) is 0.165. The van der Waals surface area contributed by atoms with Crippen LogP contribution in [0.2, 0.25) is 0 Å². The summed E-state index contributed by atoms with van der Waals surface area (Å²) in [6, 6.07) is 23.4. The molecule has 0 aliphatic carbocycles. The lowest BCUT2D eigenvalue weighted by molar-refractivity contribution is -0.120. The van der Waals surface area contributed by atoms with Gasteiger partial charge in [0.15, 0.2) is 6.67 Å². The average Bonchev–Trinajstić information content (AvgIpc) is 3.60. The number of hydrogen-bond acceptors (Lipinski definition) is 6. The first-order valence-electron chi connectivity index (χ1n) is 11.7. The van der Waals surface area contributed by atoms with Gasteiger partial charge in [-0.2, -0.15) is 4.48 Å². The molecule has 1 unspecified atom stereocenters. The summed E-state index contributed by atoms with van der Waals surface area (Å²) in [5.74, 6) is 0.819. The molecule has 0 bridgehead atoms. The Hall–Kier alpha value is -4.89. The van der Waals surface area contributed by atoms with E-state index in [-0.39, 0.29) is 17.0 Å². The van der Waals surface area contributed by atoms with Gasteiger partial charge in [-0.15, -0.1) is 0 Å². The van der Waals surface area contributed by atoms with E-state index < -0.39 is 0 Å². The summed E-state index contributed by atoms with van der Waals surface area (Å²) in [6.45, 7) is 0.849. The highest BCUT2D eigenvalue weighted by Gasteiger charge is 2.35. The van der Waals surface area contributed by atoms with Crippen molar-refractivity contribution in [1.82, 2.24) is 14.0 Å². The monoisotopic (exact) mass is 496 g/mol. The van der Waals surface area contributed by atoms with E-state index in [0.717, 1.165) is 11.8 Å². The van der Waals surface area contributed by atoms with Gasteiger partial charge in [0, 0.05) is 23.3 Å². The van der Waals surface area contributed by atoms with E-state index in [2.05, 4.69) is 10.3 Å². The molecule has 2 aromatic heterocycles. The van der Waals surface area contributed by atoms with E-state index in [0.29, 0.717) is 47.4 Å². The van der Waals surface area contributed by atoms with E-state index >= 15 is 0 Å². The summed E-state index contributed by atoms with van der Waals surface area (Å²) in [7, 11) is 0. The van der Waals surface area contributed by atoms with Crippen molar-refractivity contribution in [3.05, 3.63) is 103 Å². The molecule has 0 radical (unpaired) electrons. The molecule has 9 nitrogen and oxygen atoms in total. The summed E-state index contributed by atoms with van der Waals surface area (Å²) >= 11 is 0. The van der Waals surface area contributed by atoms with Crippen LogP contribution in [-0.4, -0.2) is 35.0 Å². The van der Waals surface area contributed by atoms with Crippen molar-refractivity contribution in [1.29, 1.82) is 0 Å². The Balaban J connectivity index is 1.29. The maximum Gasteiger partial charge on any atom is 0.310 e. The second kappa shape index (κ2) is 10.4. The first-order valence-corrected chi connectivity index (χ1v) is 11.7. The number of ether oxygens (including phenoxy) is 1. The maximum absolute atomic E-state index is 12.6. The molecule has 0 fully saturated rings. The third-order valence-corrected chi connectivity index (χ3v) is 6.11. The number of benzene rings is 3. The molecule has 0 saturated heterocycles. The lowest BCUT2D eigenvalue weighted by Crippen LogP contribution is -2.51. The molecule has 0 aliphatic heterocycles. The fourth-order valence-corrected chi connectivity index (χ4v) is 4.07. The van der Waals surface area contributed by atoms with Crippen LogP contribution in [0.4, 0.5) is 17.3 Å². The van der Waals surface area contributed by atoms with Gasteiger partial charge in [-0.05, 0) is 42.5 Å². The number of quaternary nitrogens is 1. The molecule has 3 N–H and O–H groups in total. The van der Waals surface area contributed by atoms with Crippen LogP contribution in [0.15, 0.2) is 102 Å². The fraction of sp³-hybridized carbons (Fsp3) is 0.107. The van der Waals surface area contributed by atoms with Gasteiger partial charge in [-0.1, -0.05) is 30.3 Å². The van der Waals surface area contributed by atoms with Gasteiger partial charge in [0.05, 0.1) is 23.8 Å². The number of hydrogen-bond donors (Lipinski definition) is 2. The number of para-hydroxylation sites is 3. The molecule has 5 aromatic rings. The van der Waals surface area contributed by atoms with Gasteiger partial charge in [0.2, 0.25) is 0 Å². The van der Waals surface area contributed by atoms with Crippen molar-refractivity contribution in [3.8, 4) is 5.75 Å². The Morgan fingerprint density at radius 2 is 1.86 bits per heavy atom. The van der Waals surface area contributed by atoms with Crippen LogP contribution in [0.1, 0.15) is 10.4 Å². The molecule has 9 heteroatoms. The molecule has 37 heavy (non-hydrogen) atoms. The van der Waals surface area contributed by atoms with Crippen LogP contribution in [0.25, 0.3) is 11.0 Å². The zero-order valence-electron chi connectivity index (χ0n) is 20.0. The molecule has 0 spiro atoms. The number of carbonyl (C=O) groups is 2. The van der Waals surface area contributed by atoms with Crippen LogP contribution in [0, 0.1) is 0 Å². The molecule has 5 rings (SSSR count). The van der Waals surface area contributed by atoms with Crippen LogP contribution in [0.3, 0.4) is 0 Å². The second-order valence-corrected chi connectivity index (χ2v) is 8.62. The van der Waals surface area contributed by atoms with Gasteiger partial charge < -0.3 is 20.2 Å². The highest BCUT2D eigenvalue weighted by molar-refractivity contribution is 6.05. The van der Waals surface area contributed by atoms with Crippen LogP contribution >= 0.6 is 0 Å². The number of amides is 2. The number of furan rings is 1. The Bertz CT molecular complexity index is 1480. The van der Waals surface area contributed by atoms with E-state index in [9.17, 15) is 9.59 Å². The minimum Gasteiger partial charge on any atom is -0.488 e. The molecule has 2 amide bonds. The van der Waals surface area contributed by atoms with Crippen molar-refractivity contribution >= 4 is 40.5 Å². The number of aromatic nitrogens is 2. The molecule has 0 aliphatic rings. The number of rotatable bonds is 10. The first-order chi connectivity index (χ1) is 18.1. The van der Waals surface area contributed by atoms with E-state index in [1.165, 1.54) is 0 Å². The van der Waals surface area contributed by atoms with Crippen molar-refractivity contribution in [2.24, 2.45) is 0 Å². The van der Waals surface area contributed by atoms with Gasteiger partial charge in [0.1, 0.15) is 24.5 Å². The normalized spacial score (nSPS) is 12.6. The van der Waals surface area contributed by atoms with Gasteiger partial charge in [0.25, 0.3) is 5.91 Å². The highest BCUT2D eigenvalue weighted by atomic mass is 16.5. The van der Waals surface area contributed by atoms with Gasteiger partial charge in [-0.25, -0.2) is 9.78 Å². The average molecular weight is 497 g/mol. The molecule has 2 heterocycles. The highest BCUT2D eigenvalue weighted by Crippen LogP contribution is 2.31. The van der Waals surface area contributed by atoms with Crippen molar-refractivity contribution in [2.75, 3.05) is 24.2 Å². The van der Waals surface area contributed by atoms with Crippen LogP contribution in [-0.2, 0) is 11.5 Å². The largest absolute Gasteiger partial charge is 0.488 e. The number of anilines is 2. The molecular weight excluding hydrogens is 470 g/mol. The minimum absolute atomic E-state index is 0.121. The second-order valence-electron chi connectivity index (χ2n) is 8.62.